The van der Waals surface area contributed by atoms with Crippen LogP contribution >= 0.6 is 22.6 Å². The number of methoxy groups -OCH3 is 1. The molecule has 2 heterocycles. The highest BCUT2D eigenvalue weighted by molar-refractivity contribution is 14.1. The normalized spacial score (nSPS) is 10.8. The van der Waals surface area contributed by atoms with Crippen molar-refractivity contribution < 1.29 is 4.74 Å². The van der Waals surface area contributed by atoms with Crippen LogP contribution in [0.3, 0.4) is 0 Å². The van der Waals surface area contributed by atoms with Crippen LogP contribution in [0.5, 0.6) is 5.88 Å². The van der Waals surface area contributed by atoms with E-state index in [0.717, 1.165) is 21.6 Å². The Labute approximate surface area is 137 Å². The number of hydrogen-bond donors (Lipinski definition) is 1. The van der Waals surface area contributed by atoms with Gasteiger partial charge in [-0.2, -0.15) is 0 Å². The molecule has 0 saturated carbocycles. The summed E-state index contributed by atoms with van der Waals surface area (Å²) in [5.41, 5.74) is 1.64. The van der Waals surface area contributed by atoms with Crippen molar-refractivity contribution in [2.24, 2.45) is 0 Å². The van der Waals surface area contributed by atoms with Crippen LogP contribution in [0.15, 0.2) is 12.1 Å². The number of rotatable bonds is 5. The Hall–Kier alpha value is -1.51. The van der Waals surface area contributed by atoms with Crippen molar-refractivity contribution in [1.29, 1.82) is 0 Å². The van der Waals surface area contributed by atoms with E-state index in [2.05, 4.69) is 61.9 Å². The molecule has 0 unspecified atom stereocenters. The molecular weight excluding hydrogens is 381 g/mol. The lowest BCUT2D eigenvalue weighted by atomic mass is 10.1. The summed E-state index contributed by atoms with van der Waals surface area (Å²) in [7, 11) is 1.56. The first-order valence-corrected chi connectivity index (χ1v) is 7.84. The van der Waals surface area contributed by atoms with Crippen molar-refractivity contribution in [1.82, 2.24) is 20.2 Å². The number of ether oxygens (including phenoxy) is 1. The van der Waals surface area contributed by atoms with Crippen LogP contribution in [0, 0.1) is 3.57 Å². The minimum Gasteiger partial charge on any atom is -0.480 e. The third kappa shape index (κ3) is 3.58. The maximum Gasteiger partial charge on any atom is 0.233 e. The summed E-state index contributed by atoms with van der Waals surface area (Å²) < 4.78 is 6.07. The van der Waals surface area contributed by atoms with E-state index in [1.807, 2.05) is 13.0 Å². The lowest BCUT2D eigenvalue weighted by Gasteiger charge is -2.14. The van der Waals surface area contributed by atoms with Gasteiger partial charge in [-0.1, -0.05) is 13.8 Å². The van der Waals surface area contributed by atoms with Crippen molar-refractivity contribution in [2.45, 2.75) is 26.7 Å². The highest BCUT2D eigenvalue weighted by atomic mass is 127. The largest absolute Gasteiger partial charge is 0.480 e. The minimum absolute atomic E-state index is 0.308. The molecule has 112 valence electrons. The number of hydrogen-bond acceptors (Lipinski definition) is 6. The van der Waals surface area contributed by atoms with E-state index in [-0.39, 0.29) is 0 Å². The second-order valence-electron chi connectivity index (χ2n) is 4.74. The fourth-order valence-electron chi connectivity index (χ4n) is 1.79. The first kappa shape index (κ1) is 15.9. The molecule has 0 saturated heterocycles. The van der Waals surface area contributed by atoms with E-state index in [1.54, 1.807) is 13.2 Å². The van der Waals surface area contributed by atoms with Crippen LogP contribution in [0.1, 0.15) is 32.4 Å². The highest BCUT2D eigenvalue weighted by Gasteiger charge is 2.16. The summed E-state index contributed by atoms with van der Waals surface area (Å²) >= 11 is 2.28. The number of aromatic nitrogens is 4. The van der Waals surface area contributed by atoms with Crippen LogP contribution in [-0.2, 0) is 0 Å². The van der Waals surface area contributed by atoms with Gasteiger partial charge in [-0.05, 0) is 41.5 Å². The van der Waals surface area contributed by atoms with E-state index in [1.165, 1.54) is 0 Å². The molecule has 6 nitrogen and oxygen atoms in total. The van der Waals surface area contributed by atoms with E-state index in [0.29, 0.717) is 23.3 Å². The summed E-state index contributed by atoms with van der Waals surface area (Å²) in [6.07, 6.45) is 0. The van der Waals surface area contributed by atoms with Crippen LogP contribution in [0.25, 0.3) is 11.5 Å². The Balaban J connectivity index is 2.51. The molecule has 1 N–H and O–H groups in total. The zero-order valence-corrected chi connectivity index (χ0v) is 14.7. The zero-order valence-electron chi connectivity index (χ0n) is 12.5. The zero-order chi connectivity index (χ0) is 15.4. The lowest BCUT2D eigenvalue weighted by Crippen LogP contribution is -2.09. The quantitative estimate of drug-likeness (QED) is 0.780. The molecule has 2 rings (SSSR count). The monoisotopic (exact) mass is 399 g/mol. The van der Waals surface area contributed by atoms with Crippen molar-refractivity contribution in [2.75, 3.05) is 19.0 Å². The predicted octanol–water partition coefficient (Wildman–Crippen LogP) is 3.10. The van der Waals surface area contributed by atoms with Crippen LogP contribution < -0.4 is 10.1 Å². The molecule has 0 bridgehead atoms. The molecule has 2 aromatic rings. The van der Waals surface area contributed by atoms with E-state index in [4.69, 9.17) is 4.74 Å². The Morgan fingerprint density at radius 1 is 1.24 bits per heavy atom. The topological polar surface area (TPSA) is 72.8 Å². The maximum absolute atomic E-state index is 5.02. The molecule has 2 aromatic heterocycles. The minimum atomic E-state index is 0.308. The second-order valence-corrected chi connectivity index (χ2v) is 5.82. The number of halogens is 1. The first-order chi connectivity index (χ1) is 10.1. The number of anilines is 1. The fourth-order valence-corrected chi connectivity index (χ4v) is 2.85. The summed E-state index contributed by atoms with van der Waals surface area (Å²) in [4.78, 5) is 9.20. The number of nitrogens with zero attached hydrogens (tertiary/aromatic N) is 4. The summed E-state index contributed by atoms with van der Waals surface area (Å²) in [5.74, 6) is 2.19. The summed E-state index contributed by atoms with van der Waals surface area (Å²) in [6.45, 7) is 7.08. The smallest absolute Gasteiger partial charge is 0.233 e. The predicted molar refractivity (Wildman–Crippen MR) is 90.6 cm³/mol. The van der Waals surface area contributed by atoms with Crippen molar-refractivity contribution >= 4 is 28.4 Å². The molecule has 7 heteroatoms. The highest BCUT2D eigenvalue weighted by Crippen LogP contribution is 2.27. The molecule has 0 amide bonds. The van der Waals surface area contributed by atoms with Crippen LogP contribution in [0.2, 0.25) is 0 Å². The van der Waals surface area contributed by atoms with Gasteiger partial charge in [0.2, 0.25) is 5.88 Å². The fraction of sp³-hybridized carbons (Fsp3) is 0.429. The van der Waals surface area contributed by atoms with E-state index < -0.39 is 0 Å². The Morgan fingerprint density at radius 3 is 2.52 bits per heavy atom. The molecule has 0 atom stereocenters. The Bertz CT molecular complexity index is 616. The average Bonchev–Trinajstić information content (AvgIpc) is 2.49. The van der Waals surface area contributed by atoms with E-state index in [9.17, 15) is 0 Å². The lowest BCUT2D eigenvalue weighted by molar-refractivity contribution is 0.392. The van der Waals surface area contributed by atoms with Crippen LogP contribution in [0.4, 0.5) is 5.82 Å². The molecule has 0 aliphatic heterocycles. The van der Waals surface area contributed by atoms with Crippen molar-refractivity contribution in [3.8, 4) is 17.4 Å². The summed E-state index contributed by atoms with van der Waals surface area (Å²) in [6, 6.07) is 3.57. The maximum atomic E-state index is 5.02. The molecule has 0 aliphatic rings. The standard InChI is InChI=1S/C14H18IN5O/c1-5-16-14-11(15)12(8(2)3)17-13(18-14)9-6-7-10(21-4)20-19-9/h6-8H,5H2,1-4H3,(H,16,17,18). The van der Waals surface area contributed by atoms with Gasteiger partial charge in [0, 0.05) is 12.6 Å². The molecule has 0 spiro atoms. The molecular formula is C14H18IN5O. The van der Waals surface area contributed by atoms with Gasteiger partial charge >= 0.3 is 0 Å². The van der Waals surface area contributed by atoms with Crippen molar-refractivity contribution in [3.63, 3.8) is 0 Å². The third-order valence-corrected chi connectivity index (χ3v) is 3.91. The Morgan fingerprint density at radius 2 is 2.00 bits per heavy atom. The van der Waals surface area contributed by atoms with Gasteiger partial charge in [-0.25, -0.2) is 9.97 Å². The Kier molecular flexibility index (Phi) is 5.27. The SMILES string of the molecule is CCNc1nc(-c2ccc(OC)nn2)nc(C(C)C)c1I. The first-order valence-electron chi connectivity index (χ1n) is 6.76. The molecule has 0 aliphatic carbocycles. The van der Waals surface area contributed by atoms with Crippen molar-refractivity contribution in [3.05, 3.63) is 21.4 Å². The molecule has 21 heavy (non-hydrogen) atoms. The third-order valence-electron chi connectivity index (χ3n) is 2.85. The van der Waals surface area contributed by atoms with Gasteiger partial charge in [-0.15, -0.1) is 10.2 Å². The summed E-state index contributed by atoms with van der Waals surface area (Å²) in [5, 5.41) is 11.4. The van der Waals surface area contributed by atoms with Gasteiger partial charge < -0.3 is 10.1 Å². The van der Waals surface area contributed by atoms with E-state index >= 15 is 0 Å². The van der Waals surface area contributed by atoms with Gasteiger partial charge in [0.05, 0.1) is 16.4 Å². The molecule has 0 aromatic carbocycles. The van der Waals surface area contributed by atoms with Gasteiger partial charge in [0.25, 0.3) is 0 Å². The molecule has 0 radical (unpaired) electrons. The van der Waals surface area contributed by atoms with Gasteiger partial charge in [0.15, 0.2) is 5.82 Å². The second kappa shape index (κ2) is 6.97. The van der Waals surface area contributed by atoms with Gasteiger partial charge in [0.1, 0.15) is 11.5 Å². The average molecular weight is 399 g/mol. The van der Waals surface area contributed by atoms with Gasteiger partial charge in [-0.3, -0.25) is 0 Å². The van der Waals surface area contributed by atoms with Crippen LogP contribution in [-0.4, -0.2) is 33.8 Å². The molecule has 0 fully saturated rings. The number of nitrogens with one attached hydrogen (secondary N) is 1.